The summed E-state index contributed by atoms with van der Waals surface area (Å²) in [5, 5.41) is 7.97. The van der Waals surface area contributed by atoms with Gasteiger partial charge in [0, 0.05) is 18.7 Å². The molecule has 0 aliphatic heterocycles. The molecule has 1 unspecified atom stereocenters. The summed E-state index contributed by atoms with van der Waals surface area (Å²) in [6, 6.07) is 3.15. The van der Waals surface area contributed by atoms with Crippen LogP contribution in [0.2, 0.25) is 0 Å². The third-order valence-electron chi connectivity index (χ3n) is 3.31. The quantitative estimate of drug-likeness (QED) is 0.805. The minimum Gasteiger partial charge on any atom is -0.363 e. The van der Waals surface area contributed by atoms with Gasteiger partial charge in [0.2, 0.25) is 0 Å². The lowest BCUT2D eigenvalue weighted by atomic mass is 10.1. The van der Waals surface area contributed by atoms with E-state index in [1.807, 2.05) is 0 Å². The molecule has 5 nitrogen and oxygen atoms in total. The Hall–Kier alpha value is -2.57. The number of halogens is 2. The van der Waals surface area contributed by atoms with Gasteiger partial charge >= 0.3 is 0 Å². The molecule has 3 rings (SSSR count). The summed E-state index contributed by atoms with van der Waals surface area (Å²) in [5.41, 5.74) is 1.05. The van der Waals surface area contributed by atoms with Crippen LogP contribution in [0.15, 0.2) is 30.7 Å². The van der Waals surface area contributed by atoms with Crippen LogP contribution in [-0.4, -0.2) is 19.7 Å². The van der Waals surface area contributed by atoms with E-state index in [-0.39, 0.29) is 6.04 Å². The van der Waals surface area contributed by atoms with E-state index in [2.05, 4.69) is 20.4 Å². The number of aryl methyl sites for hydroxylation is 1. The fourth-order valence-electron chi connectivity index (χ4n) is 2.21. The highest BCUT2D eigenvalue weighted by Gasteiger charge is 2.15. The molecule has 0 aliphatic carbocycles. The van der Waals surface area contributed by atoms with E-state index in [1.165, 1.54) is 18.5 Å². The van der Waals surface area contributed by atoms with Crippen molar-refractivity contribution in [2.24, 2.45) is 7.05 Å². The maximum atomic E-state index is 13.8. The number of rotatable bonds is 3. The monoisotopic (exact) mass is 289 g/mol. The smallest absolute Gasteiger partial charge is 0.163 e. The summed E-state index contributed by atoms with van der Waals surface area (Å²) in [6.45, 7) is 1.78. The zero-order valence-electron chi connectivity index (χ0n) is 11.5. The first-order chi connectivity index (χ1) is 10.1. The first-order valence-electron chi connectivity index (χ1n) is 6.40. The van der Waals surface area contributed by atoms with Crippen LogP contribution in [0.1, 0.15) is 18.5 Å². The van der Waals surface area contributed by atoms with Gasteiger partial charge in [-0.2, -0.15) is 5.10 Å². The first-order valence-corrected chi connectivity index (χ1v) is 6.40. The van der Waals surface area contributed by atoms with Gasteiger partial charge in [-0.25, -0.2) is 18.7 Å². The molecule has 0 spiro atoms. The molecule has 0 amide bonds. The highest BCUT2D eigenvalue weighted by molar-refractivity contribution is 5.86. The molecular weight excluding hydrogens is 276 g/mol. The van der Waals surface area contributed by atoms with Gasteiger partial charge in [-0.15, -0.1) is 0 Å². The second-order valence-corrected chi connectivity index (χ2v) is 4.76. The molecule has 1 aromatic carbocycles. The number of anilines is 1. The third-order valence-corrected chi connectivity index (χ3v) is 3.31. The van der Waals surface area contributed by atoms with Crippen molar-refractivity contribution >= 4 is 16.9 Å². The highest BCUT2D eigenvalue weighted by Crippen LogP contribution is 2.25. The van der Waals surface area contributed by atoms with Gasteiger partial charge < -0.3 is 5.32 Å². The van der Waals surface area contributed by atoms with Crippen molar-refractivity contribution in [2.75, 3.05) is 5.32 Å². The van der Waals surface area contributed by atoms with Crippen molar-refractivity contribution in [3.05, 3.63) is 47.9 Å². The number of hydrogen-bond acceptors (Lipinski definition) is 4. The van der Waals surface area contributed by atoms with E-state index < -0.39 is 11.6 Å². The molecule has 0 saturated heterocycles. The topological polar surface area (TPSA) is 55.6 Å². The SMILES string of the molecule is CC(Nc1ncnc2c1cnn2C)c1ccc(F)cc1F. The van der Waals surface area contributed by atoms with Crippen LogP contribution in [0, 0.1) is 11.6 Å². The second kappa shape index (κ2) is 5.08. The van der Waals surface area contributed by atoms with Crippen molar-refractivity contribution in [3.63, 3.8) is 0 Å². The Morgan fingerprint density at radius 1 is 1.24 bits per heavy atom. The van der Waals surface area contributed by atoms with Gasteiger partial charge in [-0.05, 0) is 13.0 Å². The molecule has 0 saturated carbocycles. The Morgan fingerprint density at radius 3 is 2.81 bits per heavy atom. The van der Waals surface area contributed by atoms with Gasteiger partial charge in [0.05, 0.1) is 17.6 Å². The van der Waals surface area contributed by atoms with Crippen LogP contribution in [0.5, 0.6) is 0 Å². The summed E-state index contributed by atoms with van der Waals surface area (Å²) in [5.74, 6) is -0.629. The zero-order chi connectivity index (χ0) is 15.0. The molecule has 0 fully saturated rings. The van der Waals surface area contributed by atoms with Crippen LogP contribution in [-0.2, 0) is 7.05 Å². The summed E-state index contributed by atoms with van der Waals surface area (Å²) in [6.07, 6.45) is 3.06. The Labute approximate surface area is 119 Å². The van der Waals surface area contributed by atoms with Crippen molar-refractivity contribution in [1.82, 2.24) is 19.7 Å². The van der Waals surface area contributed by atoms with E-state index >= 15 is 0 Å². The largest absolute Gasteiger partial charge is 0.363 e. The van der Waals surface area contributed by atoms with E-state index in [9.17, 15) is 8.78 Å². The second-order valence-electron chi connectivity index (χ2n) is 4.76. The van der Waals surface area contributed by atoms with Gasteiger partial charge in [0.25, 0.3) is 0 Å². The van der Waals surface area contributed by atoms with Gasteiger partial charge in [0.1, 0.15) is 23.8 Å². The Kier molecular flexibility index (Phi) is 3.25. The summed E-state index contributed by atoms with van der Waals surface area (Å²) < 4.78 is 28.4. The normalized spacial score (nSPS) is 12.6. The molecular formula is C14H13F2N5. The van der Waals surface area contributed by atoms with Crippen LogP contribution < -0.4 is 5.32 Å². The highest BCUT2D eigenvalue weighted by atomic mass is 19.1. The minimum atomic E-state index is -0.597. The van der Waals surface area contributed by atoms with Gasteiger partial charge in [-0.1, -0.05) is 6.07 Å². The number of benzene rings is 1. The molecule has 0 radical (unpaired) electrons. The van der Waals surface area contributed by atoms with E-state index in [1.54, 1.807) is 24.9 Å². The van der Waals surface area contributed by atoms with Crippen molar-refractivity contribution < 1.29 is 8.78 Å². The average Bonchev–Trinajstić information content (AvgIpc) is 2.81. The maximum Gasteiger partial charge on any atom is 0.163 e. The lowest BCUT2D eigenvalue weighted by molar-refractivity contribution is 0.566. The predicted molar refractivity (Wildman–Crippen MR) is 74.7 cm³/mol. The van der Waals surface area contributed by atoms with Gasteiger partial charge in [-0.3, -0.25) is 4.68 Å². The number of fused-ring (bicyclic) bond motifs is 1. The van der Waals surface area contributed by atoms with E-state index in [4.69, 9.17) is 0 Å². The van der Waals surface area contributed by atoms with Crippen LogP contribution in [0.3, 0.4) is 0 Å². The summed E-state index contributed by atoms with van der Waals surface area (Å²) >= 11 is 0. The van der Waals surface area contributed by atoms with Crippen LogP contribution >= 0.6 is 0 Å². The molecule has 2 aromatic heterocycles. The number of nitrogens with zero attached hydrogens (tertiary/aromatic N) is 4. The van der Waals surface area contributed by atoms with Gasteiger partial charge in [0.15, 0.2) is 5.65 Å². The van der Waals surface area contributed by atoms with Crippen molar-refractivity contribution in [2.45, 2.75) is 13.0 Å². The van der Waals surface area contributed by atoms with E-state index in [0.29, 0.717) is 17.0 Å². The molecule has 7 heteroatoms. The van der Waals surface area contributed by atoms with E-state index in [0.717, 1.165) is 11.5 Å². The van der Waals surface area contributed by atoms with Crippen LogP contribution in [0.4, 0.5) is 14.6 Å². The number of nitrogens with one attached hydrogen (secondary N) is 1. The molecule has 0 aliphatic rings. The molecule has 1 N–H and O–H groups in total. The maximum absolute atomic E-state index is 13.8. The lowest BCUT2D eigenvalue weighted by Gasteiger charge is -2.16. The minimum absolute atomic E-state index is 0.368. The average molecular weight is 289 g/mol. The molecule has 2 heterocycles. The summed E-state index contributed by atoms with van der Waals surface area (Å²) in [7, 11) is 1.78. The lowest BCUT2D eigenvalue weighted by Crippen LogP contribution is -2.10. The number of hydrogen-bond donors (Lipinski definition) is 1. The first kappa shape index (κ1) is 13.4. The van der Waals surface area contributed by atoms with Crippen LogP contribution in [0.25, 0.3) is 11.0 Å². The fraction of sp³-hybridized carbons (Fsp3) is 0.214. The molecule has 1 atom stereocenters. The molecule has 3 aromatic rings. The van der Waals surface area contributed by atoms with Crippen molar-refractivity contribution in [1.29, 1.82) is 0 Å². The Bertz CT molecular complexity index is 799. The number of aromatic nitrogens is 4. The Balaban J connectivity index is 1.94. The summed E-state index contributed by atoms with van der Waals surface area (Å²) in [4.78, 5) is 8.30. The zero-order valence-corrected chi connectivity index (χ0v) is 11.5. The standard InChI is InChI=1S/C14H13F2N5/c1-8(10-4-3-9(15)5-12(10)16)20-13-11-6-19-21(2)14(11)18-7-17-13/h3-8H,1-2H3,(H,17,18,20). The molecule has 21 heavy (non-hydrogen) atoms. The predicted octanol–water partition coefficient (Wildman–Crippen LogP) is 2.81. The Morgan fingerprint density at radius 2 is 2.05 bits per heavy atom. The molecule has 108 valence electrons. The molecule has 0 bridgehead atoms. The fourth-order valence-corrected chi connectivity index (χ4v) is 2.21. The third kappa shape index (κ3) is 2.42. The van der Waals surface area contributed by atoms with Crippen molar-refractivity contribution in [3.8, 4) is 0 Å².